The first kappa shape index (κ1) is 23.0. The summed E-state index contributed by atoms with van der Waals surface area (Å²) in [5.74, 6) is 1.11. The Morgan fingerprint density at radius 3 is 2.48 bits per heavy atom. The van der Waals surface area contributed by atoms with Crippen molar-refractivity contribution >= 4 is 23.4 Å². The Balaban J connectivity index is 1.28. The molecule has 2 aromatic carbocycles. The number of alkyl halides is 3. The summed E-state index contributed by atoms with van der Waals surface area (Å²) in [7, 11) is 1.58. The number of anilines is 1. The highest BCUT2D eigenvalue weighted by molar-refractivity contribution is 7.99. The van der Waals surface area contributed by atoms with Gasteiger partial charge in [0.2, 0.25) is 11.8 Å². The molecule has 0 radical (unpaired) electrons. The van der Waals surface area contributed by atoms with Crippen molar-refractivity contribution in [2.24, 2.45) is 0 Å². The number of thioether (sulfide) groups is 1. The van der Waals surface area contributed by atoms with Crippen LogP contribution < -0.4 is 9.64 Å². The van der Waals surface area contributed by atoms with Crippen LogP contribution in [-0.4, -0.2) is 60.0 Å². The Kier molecular flexibility index (Phi) is 6.77. The highest BCUT2D eigenvalue weighted by Crippen LogP contribution is 2.32. The number of amides is 1. The van der Waals surface area contributed by atoms with Crippen molar-refractivity contribution in [1.82, 2.24) is 15.1 Å². The normalized spacial score (nSPS) is 14.4. The summed E-state index contributed by atoms with van der Waals surface area (Å²) in [5.41, 5.74) is 0.568. The van der Waals surface area contributed by atoms with Gasteiger partial charge in [0.15, 0.2) is 0 Å². The van der Waals surface area contributed by atoms with E-state index in [9.17, 15) is 18.0 Å². The van der Waals surface area contributed by atoms with Crippen LogP contribution in [0.4, 0.5) is 18.9 Å². The number of ether oxygens (including phenoxy) is 1. The van der Waals surface area contributed by atoms with Gasteiger partial charge in [-0.1, -0.05) is 17.8 Å². The van der Waals surface area contributed by atoms with Crippen molar-refractivity contribution in [2.75, 3.05) is 43.9 Å². The minimum atomic E-state index is -4.38. The SMILES string of the molecule is COc1ccc(-c2nnc(SCC(=O)N3CCN(c4cccc(C(F)(F)F)c4)CC3)o2)cc1. The molecule has 1 fully saturated rings. The van der Waals surface area contributed by atoms with E-state index in [1.807, 2.05) is 4.90 Å². The van der Waals surface area contributed by atoms with E-state index in [2.05, 4.69) is 10.2 Å². The zero-order valence-corrected chi connectivity index (χ0v) is 18.5. The molecule has 1 aliphatic heterocycles. The lowest BCUT2D eigenvalue weighted by molar-refractivity contribution is -0.137. The van der Waals surface area contributed by atoms with Crippen molar-refractivity contribution in [3.05, 3.63) is 54.1 Å². The first-order valence-corrected chi connectivity index (χ1v) is 11.1. The number of halogens is 3. The second kappa shape index (κ2) is 9.74. The summed E-state index contributed by atoms with van der Waals surface area (Å²) in [6.45, 7) is 1.77. The van der Waals surface area contributed by atoms with Crippen LogP contribution in [0.15, 0.2) is 58.2 Å². The van der Waals surface area contributed by atoms with Gasteiger partial charge in [0.05, 0.1) is 18.4 Å². The Morgan fingerprint density at radius 2 is 1.82 bits per heavy atom. The molecule has 33 heavy (non-hydrogen) atoms. The molecule has 0 spiro atoms. The van der Waals surface area contributed by atoms with Crippen molar-refractivity contribution in [3.8, 4) is 17.2 Å². The lowest BCUT2D eigenvalue weighted by atomic mass is 10.1. The number of carbonyl (C=O) groups is 1. The van der Waals surface area contributed by atoms with Gasteiger partial charge in [0.25, 0.3) is 5.22 Å². The first-order valence-electron chi connectivity index (χ1n) is 10.1. The number of hydrogen-bond donors (Lipinski definition) is 0. The van der Waals surface area contributed by atoms with Crippen LogP contribution >= 0.6 is 11.8 Å². The summed E-state index contributed by atoms with van der Waals surface area (Å²) < 4.78 is 49.6. The average Bonchev–Trinajstić information content (AvgIpc) is 3.31. The Morgan fingerprint density at radius 1 is 1.09 bits per heavy atom. The van der Waals surface area contributed by atoms with Gasteiger partial charge < -0.3 is 19.0 Å². The van der Waals surface area contributed by atoms with Crippen LogP contribution in [0.1, 0.15) is 5.56 Å². The molecule has 0 saturated carbocycles. The quantitative estimate of drug-likeness (QED) is 0.492. The molecule has 11 heteroatoms. The summed E-state index contributed by atoms with van der Waals surface area (Å²) in [6, 6.07) is 12.4. The lowest BCUT2D eigenvalue weighted by Crippen LogP contribution is -2.49. The molecule has 0 atom stereocenters. The summed E-state index contributed by atoms with van der Waals surface area (Å²) in [4.78, 5) is 16.1. The van der Waals surface area contributed by atoms with E-state index >= 15 is 0 Å². The topological polar surface area (TPSA) is 71.7 Å². The second-order valence-corrected chi connectivity index (χ2v) is 8.23. The number of nitrogens with zero attached hydrogens (tertiary/aromatic N) is 4. The van der Waals surface area contributed by atoms with E-state index in [1.165, 1.54) is 6.07 Å². The molecule has 2 heterocycles. The predicted molar refractivity (Wildman–Crippen MR) is 117 cm³/mol. The molecule has 3 aromatic rings. The van der Waals surface area contributed by atoms with Gasteiger partial charge in [-0.3, -0.25) is 4.79 Å². The van der Waals surface area contributed by atoms with Crippen LogP contribution in [0.2, 0.25) is 0 Å². The summed E-state index contributed by atoms with van der Waals surface area (Å²) in [6.07, 6.45) is -4.38. The first-order chi connectivity index (χ1) is 15.8. The Hall–Kier alpha value is -3.21. The zero-order chi connectivity index (χ0) is 23.4. The van der Waals surface area contributed by atoms with Crippen LogP contribution in [0, 0.1) is 0 Å². The van der Waals surface area contributed by atoms with Crippen molar-refractivity contribution in [3.63, 3.8) is 0 Å². The zero-order valence-electron chi connectivity index (χ0n) is 17.7. The van der Waals surface area contributed by atoms with E-state index in [4.69, 9.17) is 9.15 Å². The lowest BCUT2D eigenvalue weighted by Gasteiger charge is -2.36. The Bertz CT molecular complexity index is 1100. The van der Waals surface area contributed by atoms with Crippen LogP contribution in [0.3, 0.4) is 0 Å². The smallest absolute Gasteiger partial charge is 0.416 e. The molecule has 0 bridgehead atoms. The number of rotatable bonds is 6. The number of methoxy groups -OCH3 is 1. The number of hydrogen-bond acceptors (Lipinski definition) is 7. The van der Waals surface area contributed by atoms with E-state index in [1.54, 1.807) is 42.3 Å². The fourth-order valence-corrected chi connectivity index (χ4v) is 4.09. The number of benzene rings is 2. The van der Waals surface area contributed by atoms with Crippen LogP contribution in [-0.2, 0) is 11.0 Å². The van der Waals surface area contributed by atoms with Gasteiger partial charge in [0, 0.05) is 37.4 Å². The van der Waals surface area contributed by atoms with E-state index in [-0.39, 0.29) is 16.9 Å². The van der Waals surface area contributed by atoms with Crippen LogP contribution in [0.25, 0.3) is 11.5 Å². The molecule has 4 rings (SSSR count). The third-order valence-corrected chi connectivity index (χ3v) is 6.04. The molecule has 1 saturated heterocycles. The fourth-order valence-electron chi connectivity index (χ4n) is 3.43. The van der Waals surface area contributed by atoms with Crippen molar-refractivity contribution in [2.45, 2.75) is 11.4 Å². The molecular weight excluding hydrogens is 457 g/mol. The van der Waals surface area contributed by atoms with Gasteiger partial charge in [-0.05, 0) is 42.5 Å². The molecule has 1 aromatic heterocycles. The maximum Gasteiger partial charge on any atom is 0.416 e. The van der Waals surface area contributed by atoms with E-state index in [0.29, 0.717) is 43.5 Å². The number of aromatic nitrogens is 2. The molecule has 1 aliphatic rings. The average molecular weight is 478 g/mol. The Labute approximate surface area is 192 Å². The molecule has 0 unspecified atom stereocenters. The minimum absolute atomic E-state index is 0.0899. The third kappa shape index (κ3) is 5.59. The maximum absolute atomic E-state index is 13.0. The largest absolute Gasteiger partial charge is 0.497 e. The molecule has 0 N–H and O–H groups in total. The minimum Gasteiger partial charge on any atom is -0.497 e. The highest BCUT2D eigenvalue weighted by atomic mass is 32.2. The third-order valence-electron chi connectivity index (χ3n) is 5.23. The van der Waals surface area contributed by atoms with Gasteiger partial charge >= 0.3 is 6.18 Å². The summed E-state index contributed by atoms with van der Waals surface area (Å²) >= 11 is 1.15. The van der Waals surface area contributed by atoms with Gasteiger partial charge in [-0.25, -0.2) is 0 Å². The highest BCUT2D eigenvalue weighted by Gasteiger charge is 2.31. The predicted octanol–water partition coefficient (Wildman–Crippen LogP) is 4.20. The van der Waals surface area contributed by atoms with Gasteiger partial charge in [-0.15, -0.1) is 10.2 Å². The molecule has 1 amide bonds. The fraction of sp³-hybridized carbons (Fsp3) is 0.318. The molecule has 0 aliphatic carbocycles. The van der Waals surface area contributed by atoms with Crippen molar-refractivity contribution in [1.29, 1.82) is 0 Å². The van der Waals surface area contributed by atoms with Gasteiger partial charge in [0.1, 0.15) is 5.75 Å². The number of carbonyl (C=O) groups excluding carboxylic acids is 1. The van der Waals surface area contributed by atoms with Crippen molar-refractivity contribution < 1.29 is 27.1 Å². The monoisotopic (exact) mass is 478 g/mol. The molecular formula is C22H21F3N4O3S. The number of piperazine rings is 1. The van der Waals surface area contributed by atoms with E-state index < -0.39 is 11.7 Å². The standard InChI is InChI=1S/C22H21F3N4O3S/c1-31-18-7-5-15(6-8-18)20-26-27-21(32-20)33-14-19(30)29-11-9-28(10-12-29)17-4-2-3-16(13-17)22(23,24)25/h2-8,13H,9-12,14H2,1H3. The van der Waals surface area contributed by atoms with E-state index in [0.717, 1.165) is 29.5 Å². The van der Waals surface area contributed by atoms with Gasteiger partial charge in [-0.2, -0.15) is 13.2 Å². The molecule has 174 valence electrons. The maximum atomic E-state index is 13.0. The van der Waals surface area contributed by atoms with Crippen LogP contribution in [0.5, 0.6) is 5.75 Å². The second-order valence-electron chi connectivity index (χ2n) is 7.31. The summed E-state index contributed by atoms with van der Waals surface area (Å²) in [5, 5.41) is 8.28. The molecule has 7 nitrogen and oxygen atoms in total.